The predicted octanol–water partition coefficient (Wildman–Crippen LogP) is 4.50. The summed E-state index contributed by atoms with van der Waals surface area (Å²) >= 11 is 6.12. The van der Waals surface area contributed by atoms with Crippen molar-refractivity contribution in [1.82, 2.24) is 5.32 Å². The van der Waals surface area contributed by atoms with E-state index in [-0.39, 0.29) is 0 Å². The maximum absolute atomic E-state index is 6.12. The lowest BCUT2D eigenvalue weighted by Crippen LogP contribution is -2.26. The van der Waals surface area contributed by atoms with E-state index in [1.54, 1.807) is 6.26 Å². The second-order valence-corrected chi connectivity index (χ2v) is 6.08. The van der Waals surface area contributed by atoms with Crippen LogP contribution in [0.5, 0.6) is 0 Å². The minimum atomic E-state index is 0.407. The zero-order valence-corrected chi connectivity index (χ0v) is 12.9. The number of halogens is 1. The first kappa shape index (κ1) is 15.1. The van der Waals surface area contributed by atoms with Gasteiger partial charge in [-0.15, -0.1) is 0 Å². The van der Waals surface area contributed by atoms with E-state index in [9.17, 15) is 0 Å². The molecule has 1 aromatic heterocycles. The molecule has 1 atom stereocenters. The van der Waals surface area contributed by atoms with Gasteiger partial charge in [0.15, 0.2) is 0 Å². The molecule has 0 radical (unpaired) electrons. The third-order valence-electron chi connectivity index (χ3n) is 3.33. The van der Waals surface area contributed by atoms with Crippen LogP contribution in [0.4, 0.5) is 0 Å². The van der Waals surface area contributed by atoms with Gasteiger partial charge in [-0.3, -0.25) is 0 Å². The average molecular weight is 292 g/mol. The van der Waals surface area contributed by atoms with Gasteiger partial charge in [-0.2, -0.15) is 0 Å². The first-order valence-electron chi connectivity index (χ1n) is 7.12. The van der Waals surface area contributed by atoms with Crippen LogP contribution in [0.15, 0.2) is 47.3 Å². The fourth-order valence-electron chi connectivity index (χ4n) is 2.31. The summed E-state index contributed by atoms with van der Waals surface area (Å²) in [5, 5.41) is 4.34. The minimum Gasteiger partial charge on any atom is -0.472 e. The molecule has 0 fully saturated rings. The van der Waals surface area contributed by atoms with E-state index in [1.165, 1.54) is 11.1 Å². The molecule has 0 aliphatic rings. The van der Waals surface area contributed by atoms with Crippen LogP contribution in [0.1, 0.15) is 30.9 Å². The maximum atomic E-state index is 6.12. The average Bonchev–Trinajstić information content (AvgIpc) is 2.90. The molecule has 2 nitrogen and oxygen atoms in total. The molecule has 3 heteroatoms. The molecule has 0 saturated heterocycles. The van der Waals surface area contributed by atoms with Crippen molar-refractivity contribution in [2.45, 2.75) is 26.2 Å². The fraction of sp³-hybridized carbons (Fsp3) is 0.412. The molecular formula is C17H22ClNO. The van der Waals surface area contributed by atoms with Crippen molar-refractivity contribution < 1.29 is 4.42 Å². The third kappa shape index (κ3) is 4.69. The Morgan fingerprint density at radius 1 is 1.20 bits per heavy atom. The molecule has 1 unspecified atom stereocenters. The molecule has 0 aliphatic heterocycles. The SMILES string of the molecule is CC(C)CNCC(Cc1ccoc1)c1cccc(Cl)c1. The summed E-state index contributed by atoms with van der Waals surface area (Å²) in [6.45, 7) is 6.42. The number of benzene rings is 1. The van der Waals surface area contributed by atoms with Crippen molar-refractivity contribution in [1.29, 1.82) is 0 Å². The molecule has 0 amide bonds. The molecule has 1 heterocycles. The lowest BCUT2D eigenvalue weighted by molar-refractivity contribution is 0.511. The monoisotopic (exact) mass is 291 g/mol. The van der Waals surface area contributed by atoms with Gasteiger partial charge in [-0.1, -0.05) is 37.6 Å². The maximum Gasteiger partial charge on any atom is 0.0934 e. The fourth-order valence-corrected chi connectivity index (χ4v) is 2.51. The molecule has 2 rings (SSSR count). The molecule has 0 aliphatic carbocycles. The van der Waals surface area contributed by atoms with E-state index < -0.39 is 0 Å². The minimum absolute atomic E-state index is 0.407. The molecule has 0 bridgehead atoms. The molecule has 20 heavy (non-hydrogen) atoms. The number of furan rings is 1. The Kier molecular flexibility index (Phi) is 5.69. The number of hydrogen-bond donors (Lipinski definition) is 1. The summed E-state index contributed by atoms with van der Waals surface area (Å²) in [6, 6.07) is 10.2. The second-order valence-electron chi connectivity index (χ2n) is 5.64. The summed E-state index contributed by atoms with van der Waals surface area (Å²) in [4.78, 5) is 0. The first-order chi connectivity index (χ1) is 9.65. The van der Waals surface area contributed by atoms with Gasteiger partial charge < -0.3 is 9.73 Å². The van der Waals surface area contributed by atoms with Gasteiger partial charge in [0.05, 0.1) is 12.5 Å². The van der Waals surface area contributed by atoms with Gasteiger partial charge in [0.1, 0.15) is 0 Å². The largest absolute Gasteiger partial charge is 0.472 e. The van der Waals surface area contributed by atoms with Crippen molar-refractivity contribution >= 4 is 11.6 Å². The number of rotatable bonds is 7. The Morgan fingerprint density at radius 2 is 2.05 bits per heavy atom. The van der Waals surface area contributed by atoms with E-state index in [0.717, 1.165) is 24.5 Å². The highest BCUT2D eigenvalue weighted by atomic mass is 35.5. The molecule has 0 saturated carbocycles. The standard InChI is InChI=1S/C17H22ClNO/c1-13(2)10-19-11-16(8-14-6-7-20-12-14)15-4-3-5-17(18)9-15/h3-7,9,12-13,16,19H,8,10-11H2,1-2H3. The third-order valence-corrected chi connectivity index (χ3v) is 3.56. The summed E-state index contributed by atoms with van der Waals surface area (Å²) in [7, 11) is 0. The zero-order valence-electron chi connectivity index (χ0n) is 12.1. The molecule has 1 aromatic carbocycles. The second kappa shape index (κ2) is 7.51. The molecular weight excluding hydrogens is 270 g/mol. The summed E-state index contributed by atoms with van der Waals surface area (Å²) in [6.07, 6.45) is 4.51. The highest BCUT2D eigenvalue weighted by Crippen LogP contribution is 2.23. The summed E-state index contributed by atoms with van der Waals surface area (Å²) in [5.74, 6) is 1.06. The smallest absolute Gasteiger partial charge is 0.0934 e. The van der Waals surface area contributed by atoms with Crippen LogP contribution in [0.3, 0.4) is 0 Å². The van der Waals surface area contributed by atoms with Gasteiger partial charge >= 0.3 is 0 Å². The zero-order chi connectivity index (χ0) is 14.4. The van der Waals surface area contributed by atoms with Crippen LogP contribution in [-0.2, 0) is 6.42 Å². The molecule has 108 valence electrons. The van der Waals surface area contributed by atoms with E-state index in [0.29, 0.717) is 11.8 Å². The first-order valence-corrected chi connectivity index (χ1v) is 7.50. The van der Waals surface area contributed by atoms with Crippen LogP contribution < -0.4 is 5.32 Å². The predicted molar refractivity (Wildman–Crippen MR) is 84.3 cm³/mol. The van der Waals surface area contributed by atoms with E-state index in [1.807, 2.05) is 24.5 Å². The normalized spacial score (nSPS) is 12.8. The topological polar surface area (TPSA) is 25.2 Å². The van der Waals surface area contributed by atoms with Crippen LogP contribution in [0.2, 0.25) is 5.02 Å². The van der Waals surface area contributed by atoms with Crippen molar-refractivity contribution in [3.8, 4) is 0 Å². The quantitative estimate of drug-likeness (QED) is 0.812. The van der Waals surface area contributed by atoms with Crippen LogP contribution >= 0.6 is 11.6 Å². The summed E-state index contributed by atoms with van der Waals surface area (Å²) < 4.78 is 5.17. The molecule has 1 N–H and O–H groups in total. The van der Waals surface area contributed by atoms with E-state index >= 15 is 0 Å². The van der Waals surface area contributed by atoms with E-state index in [2.05, 4.69) is 31.3 Å². The molecule has 2 aromatic rings. The summed E-state index contributed by atoms with van der Waals surface area (Å²) in [5.41, 5.74) is 2.50. The van der Waals surface area contributed by atoms with Crippen molar-refractivity contribution in [2.24, 2.45) is 5.92 Å². The van der Waals surface area contributed by atoms with Gasteiger partial charge in [0.25, 0.3) is 0 Å². The Labute approximate surface area is 126 Å². The molecule has 0 spiro atoms. The van der Waals surface area contributed by atoms with Crippen molar-refractivity contribution in [3.63, 3.8) is 0 Å². The number of hydrogen-bond acceptors (Lipinski definition) is 2. The van der Waals surface area contributed by atoms with Gasteiger partial charge in [-0.25, -0.2) is 0 Å². The van der Waals surface area contributed by atoms with Crippen molar-refractivity contribution in [3.05, 3.63) is 59.0 Å². The van der Waals surface area contributed by atoms with Crippen molar-refractivity contribution in [2.75, 3.05) is 13.1 Å². The van der Waals surface area contributed by atoms with Crippen LogP contribution in [0.25, 0.3) is 0 Å². The lowest BCUT2D eigenvalue weighted by atomic mass is 9.93. The van der Waals surface area contributed by atoms with Gasteiger partial charge in [-0.05, 0) is 48.2 Å². The van der Waals surface area contributed by atoms with E-state index in [4.69, 9.17) is 16.0 Å². The number of nitrogens with one attached hydrogen (secondary N) is 1. The van der Waals surface area contributed by atoms with Crippen LogP contribution in [0, 0.1) is 5.92 Å². The Bertz CT molecular complexity index is 507. The van der Waals surface area contributed by atoms with Gasteiger partial charge in [0.2, 0.25) is 0 Å². The van der Waals surface area contributed by atoms with Gasteiger partial charge in [0, 0.05) is 17.5 Å². The van der Waals surface area contributed by atoms with Crippen LogP contribution in [-0.4, -0.2) is 13.1 Å². The highest BCUT2D eigenvalue weighted by Gasteiger charge is 2.13. The highest BCUT2D eigenvalue weighted by molar-refractivity contribution is 6.30. The Hall–Kier alpha value is -1.25. The lowest BCUT2D eigenvalue weighted by Gasteiger charge is -2.18. The Balaban J connectivity index is 2.06. The Morgan fingerprint density at radius 3 is 2.70 bits per heavy atom.